The molecule has 0 saturated heterocycles. The maximum absolute atomic E-state index is 13.4. The van der Waals surface area contributed by atoms with Gasteiger partial charge in [0.05, 0.1) is 23.5 Å². The molecule has 0 unspecified atom stereocenters. The summed E-state index contributed by atoms with van der Waals surface area (Å²) < 4.78 is 14.9. The van der Waals surface area contributed by atoms with Gasteiger partial charge in [-0.25, -0.2) is 9.07 Å². The van der Waals surface area contributed by atoms with E-state index in [2.05, 4.69) is 10.1 Å². The van der Waals surface area contributed by atoms with Gasteiger partial charge in [-0.2, -0.15) is 0 Å². The molecule has 1 aromatic heterocycles. The number of aryl methyl sites for hydroxylation is 1. The Morgan fingerprint density at radius 3 is 2.41 bits per heavy atom. The number of hydrogen-bond acceptors (Lipinski definition) is 3. The van der Waals surface area contributed by atoms with Gasteiger partial charge in [0.1, 0.15) is 5.82 Å². The van der Waals surface area contributed by atoms with Crippen molar-refractivity contribution in [3.63, 3.8) is 0 Å². The van der Waals surface area contributed by atoms with Crippen molar-refractivity contribution in [2.75, 3.05) is 27.2 Å². The summed E-state index contributed by atoms with van der Waals surface area (Å²) >= 11 is 0. The van der Waals surface area contributed by atoms with Gasteiger partial charge in [-0.3, -0.25) is 14.9 Å². The summed E-state index contributed by atoms with van der Waals surface area (Å²) in [5.74, 6) is -0.320. The number of benzene rings is 2. The number of rotatable bonds is 6. The fourth-order valence-corrected chi connectivity index (χ4v) is 2.87. The van der Waals surface area contributed by atoms with E-state index in [0.29, 0.717) is 17.8 Å². The Morgan fingerprint density at radius 2 is 1.78 bits per heavy atom. The quantitative estimate of drug-likeness (QED) is 0.682. The van der Waals surface area contributed by atoms with Crippen LogP contribution in [0.25, 0.3) is 5.69 Å². The number of aliphatic imine (C=N–C) groups is 1. The van der Waals surface area contributed by atoms with E-state index in [1.54, 1.807) is 12.1 Å². The lowest BCUT2D eigenvalue weighted by atomic mass is 10.0. The van der Waals surface area contributed by atoms with Crippen LogP contribution in [0.15, 0.2) is 64.4 Å². The maximum atomic E-state index is 13.4. The molecule has 0 bridgehead atoms. The van der Waals surface area contributed by atoms with Gasteiger partial charge in [0, 0.05) is 17.8 Å². The first-order chi connectivity index (χ1) is 13.0. The van der Waals surface area contributed by atoms with Crippen LogP contribution in [-0.2, 0) is 0 Å². The number of likely N-dealkylation sites (N-methyl/N-ethyl adjacent to an activating group) is 1. The molecule has 3 rings (SSSR count). The molecule has 0 saturated carbocycles. The molecule has 0 aliphatic rings. The third-order valence-electron chi connectivity index (χ3n) is 4.26. The van der Waals surface area contributed by atoms with Crippen LogP contribution < -0.4 is 5.56 Å². The lowest BCUT2D eigenvalue weighted by molar-refractivity contribution is 0.420. The summed E-state index contributed by atoms with van der Waals surface area (Å²) in [7, 11) is 3.94. The van der Waals surface area contributed by atoms with Crippen molar-refractivity contribution in [3.05, 3.63) is 87.6 Å². The van der Waals surface area contributed by atoms with Gasteiger partial charge >= 0.3 is 0 Å². The standard InChI is InChI=1S/C21H23FN4O/c1-15-19(21(27)26(24-15)18-7-5-4-6-8-18)20(23-13-14-25(2)3)16-9-11-17(22)12-10-16/h4-12,24H,13-14H2,1-3H3. The number of halogens is 1. The Kier molecular flexibility index (Phi) is 5.66. The second-order valence-corrected chi connectivity index (χ2v) is 6.63. The average molecular weight is 366 g/mol. The monoisotopic (exact) mass is 366 g/mol. The largest absolute Gasteiger partial charge is 0.308 e. The topological polar surface area (TPSA) is 53.4 Å². The van der Waals surface area contributed by atoms with Crippen LogP contribution in [0, 0.1) is 12.7 Å². The first-order valence-electron chi connectivity index (χ1n) is 8.80. The Hall–Kier alpha value is -2.99. The van der Waals surface area contributed by atoms with E-state index >= 15 is 0 Å². The van der Waals surface area contributed by atoms with Crippen molar-refractivity contribution in [2.45, 2.75) is 6.92 Å². The van der Waals surface area contributed by atoms with E-state index in [0.717, 1.165) is 23.5 Å². The molecule has 6 heteroatoms. The molecule has 5 nitrogen and oxygen atoms in total. The van der Waals surface area contributed by atoms with E-state index in [-0.39, 0.29) is 11.4 Å². The first-order valence-corrected chi connectivity index (χ1v) is 8.80. The minimum absolute atomic E-state index is 0.174. The Bertz CT molecular complexity index is 985. The zero-order valence-corrected chi connectivity index (χ0v) is 15.7. The van der Waals surface area contributed by atoms with E-state index in [1.165, 1.54) is 16.8 Å². The van der Waals surface area contributed by atoms with Crippen molar-refractivity contribution in [3.8, 4) is 5.69 Å². The maximum Gasteiger partial charge on any atom is 0.280 e. The molecule has 0 radical (unpaired) electrons. The Balaban J connectivity index is 2.11. The summed E-state index contributed by atoms with van der Waals surface area (Å²) in [6.07, 6.45) is 0. The van der Waals surface area contributed by atoms with Crippen LogP contribution in [0.2, 0.25) is 0 Å². The molecule has 1 heterocycles. The van der Waals surface area contributed by atoms with Crippen LogP contribution in [0.5, 0.6) is 0 Å². The minimum atomic E-state index is -0.320. The van der Waals surface area contributed by atoms with Gasteiger partial charge in [-0.1, -0.05) is 18.2 Å². The molecule has 0 spiro atoms. The number of nitrogens with one attached hydrogen (secondary N) is 1. The second kappa shape index (κ2) is 8.14. The number of hydrogen-bond donors (Lipinski definition) is 1. The fourth-order valence-electron chi connectivity index (χ4n) is 2.87. The molecule has 0 aliphatic carbocycles. The third-order valence-corrected chi connectivity index (χ3v) is 4.26. The third kappa shape index (κ3) is 4.23. The molecular formula is C21H23FN4O. The van der Waals surface area contributed by atoms with E-state index in [4.69, 9.17) is 0 Å². The molecule has 0 amide bonds. The Morgan fingerprint density at radius 1 is 1.11 bits per heavy atom. The van der Waals surface area contributed by atoms with Crippen molar-refractivity contribution >= 4 is 5.71 Å². The molecule has 0 aliphatic heterocycles. The summed E-state index contributed by atoms with van der Waals surface area (Å²) in [5.41, 5.74) is 3.09. The van der Waals surface area contributed by atoms with Gasteiger partial charge in [0.25, 0.3) is 5.56 Å². The smallest absolute Gasteiger partial charge is 0.280 e. The molecule has 1 N–H and O–H groups in total. The molecule has 2 aromatic carbocycles. The summed E-state index contributed by atoms with van der Waals surface area (Å²) in [5, 5.41) is 3.13. The molecule has 140 valence electrons. The second-order valence-electron chi connectivity index (χ2n) is 6.63. The summed E-state index contributed by atoms with van der Waals surface area (Å²) in [4.78, 5) is 19.8. The zero-order valence-electron chi connectivity index (χ0n) is 15.7. The average Bonchev–Trinajstić information content (AvgIpc) is 2.95. The van der Waals surface area contributed by atoms with Crippen LogP contribution in [0.3, 0.4) is 0 Å². The van der Waals surface area contributed by atoms with Crippen LogP contribution in [0.1, 0.15) is 16.8 Å². The lowest BCUT2D eigenvalue weighted by Gasteiger charge is -2.09. The van der Waals surface area contributed by atoms with Crippen LogP contribution in [-0.4, -0.2) is 47.6 Å². The molecule has 0 atom stereocenters. The Labute approximate surface area is 157 Å². The number of H-pyrrole nitrogens is 1. The van der Waals surface area contributed by atoms with Gasteiger partial charge in [0.15, 0.2) is 0 Å². The van der Waals surface area contributed by atoms with E-state index in [1.807, 2.05) is 56.3 Å². The first kappa shape index (κ1) is 18.8. The number of nitrogens with zero attached hydrogens (tertiary/aromatic N) is 3. The predicted octanol–water partition coefficient (Wildman–Crippen LogP) is 3.01. The molecule has 0 fully saturated rings. The van der Waals surface area contributed by atoms with Crippen molar-refractivity contribution < 1.29 is 4.39 Å². The van der Waals surface area contributed by atoms with Crippen molar-refractivity contribution in [1.82, 2.24) is 14.7 Å². The highest BCUT2D eigenvalue weighted by Gasteiger charge is 2.19. The van der Waals surface area contributed by atoms with Crippen molar-refractivity contribution in [2.24, 2.45) is 4.99 Å². The van der Waals surface area contributed by atoms with E-state index < -0.39 is 0 Å². The zero-order chi connectivity index (χ0) is 19.4. The summed E-state index contributed by atoms with van der Waals surface area (Å²) in [6, 6.07) is 15.5. The van der Waals surface area contributed by atoms with Crippen LogP contribution in [0.4, 0.5) is 4.39 Å². The van der Waals surface area contributed by atoms with Gasteiger partial charge in [-0.05, 0) is 57.4 Å². The fraction of sp³-hybridized carbons (Fsp3) is 0.238. The van der Waals surface area contributed by atoms with Gasteiger partial charge < -0.3 is 4.90 Å². The number of aromatic amines is 1. The van der Waals surface area contributed by atoms with Crippen LogP contribution >= 0.6 is 0 Å². The minimum Gasteiger partial charge on any atom is -0.308 e. The lowest BCUT2D eigenvalue weighted by Crippen LogP contribution is -2.23. The highest BCUT2D eigenvalue weighted by Crippen LogP contribution is 2.14. The van der Waals surface area contributed by atoms with Gasteiger partial charge in [-0.15, -0.1) is 0 Å². The van der Waals surface area contributed by atoms with E-state index in [9.17, 15) is 9.18 Å². The molecule has 3 aromatic rings. The highest BCUT2D eigenvalue weighted by atomic mass is 19.1. The highest BCUT2D eigenvalue weighted by molar-refractivity contribution is 6.13. The SMILES string of the molecule is Cc1[nH]n(-c2ccccc2)c(=O)c1C(=NCCN(C)C)c1ccc(F)cc1. The molecule has 27 heavy (non-hydrogen) atoms. The van der Waals surface area contributed by atoms with Gasteiger partial charge in [0.2, 0.25) is 0 Å². The molecular weight excluding hydrogens is 343 g/mol. The number of para-hydroxylation sites is 1. The number of aromatic nitrogens is 2. The van der Waals surface area contributed by atoms with Crippen molar-refractivity contribution in [1.29, 1.82) is 0 Å². The summed E-state index contributed by atoms with van der Waals surface area (Å²) in [6.45, 7) is 3.14. The normalized spacial score (nSPS) is 12.0. The predicted molar refractivity (Wildman–Crippen MR) is 107 cm³/mol.